The van der Waals surface area contributed by atoms with Crippen LogP contribution in [0, 0.1) is 0 Å². The van der Waals surface area contributed by atoms with E-state index in [2.05, 4.69) is 241 Å². The van der Waals surface area contributed by atoms with Gasteiger partial charge >= 0.3 is 27.9 Å². The Morgan fingerprint density at radius 3 is 0.794 bits per heavy atom. The maximum atomic E-state index is 6.32. The van der Waals surface area contributed by atoms with Crippen molar-refractivity contribution in [2.24, 2.45) is 5.73 Å². The molecule has 0 aromatic heterocycles. The molecule has 63 heavy (non-hydrogen) atoms. The van der Waals surface area contributed by atoms with Gasteiger partial charge in [0.2, 0.25) is 0 Å². The summed E-state index contributed by atoms with van der Waals surface area (Å²) in [6.07, 6.45) is 6.97. The molecular formula is C56H81INS5-. The molecule has 0 amide bonds. The molecule has 6 aromatic carbocycles. The van der Waals surface area contributed by atoms with Gasteiger partial charge in [-0.05, 0) is 88.3 Å². The molecule has 0 bridgehead atoms. The van der Waals surface area contributed by atoms with Crippen molar-refractivity contribution in [1.29, 1.82) is 0.594 Å². The standard InChI is InChI=1S/C22H22S.C21H21NS.C4H10S.2C3H8S.CH4I.2CH4/c1-2-18-23-22(19-12-6-3-7-13-19,20-14-8-4-9-15-20)21-16-10-5-11-17-21;22-16-17-23-21(18-10-4-1-5-11-18,19-12-6-2-7-13-19)20-14-8-3-9-15-20;1-3-4-5-2;2*1-2-3-4;1-2;;/h3-17H,2,18H2,1H3;1-15H,16-17,22H2;3-4H2,1-2H3;2*4H,2-3H2,1H3;2H,1H3;2*1H4/q;;;;;-1;;/i;;;;;2D;;. The van der Waals surface area contributed by atoms with Crippen LogP contribution in [-0.4, -0.2) is 47.1 Å². The van der Waals surface area contributed by atoms with E-state index in [1.54, 1.807) is 0 Å². The zero-order valence-electron chi connectivity index (χ0n) is 38.5. The quantitative estimate of drug-likeness (QED) is 0.0390. The van der Waals surface area contributed by atoms with Crippen LogP contribution in [0.25, 0.3) is 0 Å². The molecule has 0 aliphatic carbocycles. The van der Waals surface area contributed by atoms with Crippen molar-refractivity contribution < 1.29 is 22.4 Å². The number of hydrogen-bond acceptors (Lipinski definition) is 6. The van der Waals surface area contributed by atoms with Gasteiger partial charge in [-0.3, -0.25) is 0 Å². The van der Waals surface area contributed by atoms with E-state index in [0.717, 1.165) is 23.0 Å². The Bertz CT molecular complexity index is 1510. The van der Waals surface area contributed by atoms with Crippen LogP contribution >= 0.6 is 60.5 Å². The topological polar surface area (TPSA) is 26.0 Å². The van der Waals surface area contributed by atoms with Crippen LogP contribution in [0.15, 0.2) is 182 Å². The molecular weight excluding hydrogens is 974 g/mol. The molecule has 0 atom stereocenters. The second-order valence-electron chi connectivity index (χ2n) is 13.5. The molecule has 6 aromatic rings. The van der Waals surface area contributed by atoms with Gasteiger partial charge in [0.25, 0.3) is 0 Å². The normalized spacial score (nSPS) is 10.3. The molecule has 6 rings (SSSR count). The van der Waals surface area contributed by atoms with Crippen molar-refractivity contribution in [3.8, 4) is 0 Å². The Hall–Kier alpha value is -2.24. The molecule has 0 saturated heterocycles. The molecule has 0 heterocycles. The van der Waals surface area contributed by atoms with Crippen LogP contribution in [-0.2, 0) is 9.49 Å². The van der Waals surface area contributed by atoms with Crippen molar-refractivity contribution in [3.05, 3.63) is 215 Å². The molecule has 0 aliphatic rings. The van der Waals surface area contributed by atoms with E-state index in [0.29, 0.717) is 6.54 Å². The summed E-state index contributed by atoms with van der Waals surface area (Å²) < 4.78 is 5.93. The van der Waals surface area contributed by atoms with E-state index in [4.69, 9.17) is 6.33 Å². The fourth-order valence-corrected chi connectivity index (χ4v) is 9.37. The predicted molar refractivity (Wildman–Crippen MR) is 300 cm³/mol. The van der Waals surface area contributed by atoms with Gasteiger partial charge in [-0.1, -0.05) is 225 Å². The zero-order valence-corrected chi connectivity index (χ0v) is 43.9. The van der Waals surface area contributed by atoms with Gasteiger partial charge in [0, 0.05) is 12.3 Å². The summed E-state index contributed by atoms with van der Waals surface area (Å²) in [5.74, 6) is 5.36. The number of hydrogen-bond donors (Lipinski definition) is 3. The van der Waals surface area contributed by atoms with E-state index in [1.165, 1.54) is 64.8 Å². The van der Waals surface area contributed by atoms with Crippen LogP contribution in [0.4, 0.5) is 0 Å². The molecule has 1 nitrogen and oxygen atoms in total. The first-order valence-electron chi connectivity index (χ1n) is 21.8. The minimum absolute atomic E-state index is 0. The molecule has 7 heteroatoms. The summed E-state index contributed by atoms with van der Waals surface area (Å²) >= 11 is 13.5. The number of thioether (sulfide) groups is 3. The molecule has 0 aliphatic heterocycles. The predicted octanol–water partition coefficient (Wildman–Crippen LogP) is 13.4. The second-order valence-corrected chi connectivity index (χ2v) is 18.0. The van der Waals surface area contributed by atoms with E-state index >= 15 is 0 Å². The van der Waals surface area contributed by atoms with Crippen molar-refractivity contribution in [1.82, 2.24) is 0 Å². The number of nitrogens with two attached hydrogens (primary N) is 1. The van der Waals surface area contributed by atoms with Crippen molar-refractivity contribution >= 4 is 60.5 Å². The average molecular weight is 1060 g/mol. The third kappa shape index (κ3) is 21.7. The Morgan fingerprint density at radius 2 is 0.651 bits per heavy atom. The summed E-state index contributed by atoms with van der Waals surface area (Å²) in [5.41, 5.74) is 13.7. The van der Waals surface area contributed by atoms with Gasteiger partial charge in [0.15, 0.2) is 0 Å². The van der Waals surface area contributed by atoms with Crippen LogP contribution in [0.2, 0.25) is 0 Å². The number of rotatable bonds is 16. The summed E-state index contributed by atoms with van der Waals surface area (Å²) in [6, 6.07) is 64.8. The summed E-state index contributed by atoms with van der Waals surface area (Å²) in [7, 11) is 0. The van der Waals surface area contributed by atoms with Crippen molar-refractivity contribution in [2.75, 3.05) is 46.5 Å². The average Bonchev–Trinajstić information content (AvgIpc) is 3.35. The number of alkyl halides is 1. The Kier molecular flexibility index (Phi) is 39.7. The van der Waals surface area contributed by atoms with Gasteiger partial charge in [0.05, 0.1) is 9.49 Å². The van der Waals surface area contributed by atoms with Crippen LogP contribution < -0.4 is 28.1 Å². The maximum absolute atomic E-state index is 6.32. The van der Waals surface area contributed by atoms with E-state index in [-0.39, 0.29) is 46.7 Å². The first-order valence-corrected chi connectivity index (χ1v) is 28.2. The SMILES string of the molecule is C.C.CCCS.CCCS.CCCSC.CCCSC(c1ccccc1)(c1ccccc1)c1ccccc1.NCCSC(c1ccccc1)(c1ccccc1)c1ccccc1.[2H][I-]C. The summed E-state index contributed by atoms with van der Waals surface area (Å²) in [6.45, 7) is 9.31. The Balaban J connectivity index is 0. The molecule has 348 valence electrons. The Morgan fingerprint density at radius 1 is 0.444 bits per heavy atom. The fraction of sp³-hybridized carbons (Fsp3) is 0.357. The van der Waals surface area contributed by atoms with Crippen LogP contribution in [0.5, 0.6) is 0 Å². The second kappa shape index (κ2) is 41.2. The van der Waals surface area contributed by atoms with Gasteiger partial charge in [-0.25, -0.2) is 0 Å². The van der Waals surface area contributed by atoms with Gasteiger partial charge in [-0.15, -0.1) is 23.5 Å². The van der Waals surface area contributed by atoms with Crippen molar-refractivity contribution in [2.45, 2.75) is 77.7 Å². The number of thiol groups is 2. The molecule has 2 N–H and O–H groups in total. The van der Waals surface area contributed by atoms with E-state index in [1.807, 2.05) is 40.2 Å². The molecule has 0 fully saturated rings. The van der Waals surface area contributed by atoms with Crippen LogP contribution in [0.1, 0.15) is 102 Å². The van der Waals surface area contributed by atoms with Crippen molar-refractivity contribution in [3.63, 3.8) is 0 Å². The van der Waals surface area contributed by atoms with Gasteiger partial charge < -0.3 is 5.73 Å². The zero-order chi connectivity index (χ0) is 45.6. The Labute approximate surface area is 425 Å². The number of benzene rings is 6. The first kappa shape index (κ1) is 60.8. The van der Waals surface area contributed by atoms with E-state index in [9.17, 15) is 0 Å². The minimum atomic E-state index is -0.233. The first-order chi connectivity index (χ1) is 30.4. The van der Waals surface area contributed by atoms with Gasteiger partial charge in [0.1, 0.15) is 0 Å². The molecule has 0 saturated carbocycles. The van der Waals surface area contributed by atoms with E-state index < -0.39 is 0 Å². The fourth-order valence-electron chi connectivity index (χ4n) is 6.21. The molecule has 0 unspecified atom stereocenters. The molecule has 0 radical (unpaired) electrons. The van der Waals surface area contributed by atoms with Gasteiger partial charge in [-0.2, -0.15) is 37.0 Å². The number of halogens is 1. The summed E-state index contributed by atoms with van der Waals surface area (Å²) in [5, 5.41) is 0. The third-order valence-electron chi connectivity index (χ3n) is 8.90. The third-order valence-corrected chi connectivity index (χ3v) is 13.9. The monoisotopic (exact) mass is 1060 g/mol. The van der Waals surface area contributed by atoms with Crippen LogP contribution in [0.3, 0.4) is 0 Å². The molecule has 0 spiro atoms. The summed E-state index contributed by atoms with van der Waals surface area (Å²) in [4.78, 5) is 1.90.